The van der Waals surface area contributed by atoms with Crippen LogP contribution in [0.25, 0.3) is 0 Å². The van der Waals surface area contributed by atoms with Crippen molar-refractivity contribution in [1.82, 2.24) is 4.72 Å². The maximum atomic E-state index is 12.3. The molecule has 1 aromatic carbocycles. The van der Waals surface area contributed by atoms with Gasteiger partial charge in [-0.25, -0.2) is 8.42 Å². The SMILES string of the molecule is COc1ccc(S(=O)(=O)N[C@@H](C)C(=O)OCC(=O)Nc2sccc2C(N)=O)cc1. The number of nitrogens with two attached hydrogens (primary N) is 1. The smallest absolute Gasteiger partial charge is 0.324 e. The summed E-state index contributed by atoms with van der Waals surface area (Å²) in [6.07, 6.45) is 0. The van der Waals surface area contributed by atoms with Crippen molar-refractivity contribution in [3.8, 4) is 5.75 Å². The third-order valence-electron chi connectivity index (χ3n) is 3.58. The van der Waals surface area contributed by atoms with Gasteiger partial charge in [-0.15, -0.1) is 11.3 Å². The van der Waals surface area contributed by atoms with Crippen LogP contribution in [0.15, 0.2) is 40.6 Å². The largest absolute Gasteiger partial charge is 0.497 e. The maximum absolute atomic E-state index is 12.3. The third-order valence-corrected chi connectivity index (χ3v) is 5.97. The lowest BCUT2D eigenvalue weighted by atomic mass is 10.3. The van der Waals surface area contributed by atoms with Crippen LogP contribution >= 0.6 is 11.3 Å². The number of methoxy groups -OCH3 is 1. The van der Waals surface area contributed by atoms with Gasteiger partial charge in [-0.1, -0.05) is 0 Å². The number of anilines is 1. The second kappa shape index (κ2) is 9.49. The van der Waals surface area contributed by atoms with Gasteiger partial charge in [-0.3, -0.25) is 14.4 Å². The molecule has 0 saturated heterocycles. The molecule has 0 spiro atoms. The molecule has 0 saturated carbocycles. The van der Waals surface area contributed by atoms with Crippen LogP contribution in [0, 0.1) is 0 Å². The summed E-state index contributed by atoms with van der Waals surface area (Å²) in [5, 5.41) is 4.20. The standard InChI is InChI=1S/C17H19N3O7S2/c1-10(20-29(24,25)12-5-3-11(26-2)4-6-12)17(23)27-9-14(21)19-16-13(15(18)22)7-8-28-16/h3-8,10,20H,9H2,1-2H3,(H2,18,22)(H,19,21)/t10-/m0/s1. The highest BCUT2D eigenvalue weighted by atomic mass is 32.2. The second-order valence-corrected chi connectivity index (χ2v) is 8.33. The van der Waals surface area contributed by atoms with Gasteiger partial charge in [0.05, 0.1) is 17.6 Å². The van der Waals surface area contributed by atoms with Gasteiger partial charge in [0.25, 0.3) is 11.8 Å². The van der Waals surface area contributed by atoms with Crippen LogP contribution in [0.1, 0.15) is 17.3 Å². The fourth-order valence-electron chi connectivity index (χ4n) is 2.13. The number of thiophene rings is 1. The number of esters is 1. The summed E-state index contributed by atoms with van der Waals surface area (Å²) < 4.78 is 36.6. The summed E-state index contributed by atoms with van der Waals surface area (Å²) in [5.74, 6) is -1.88. The summed E-state index contributed by atoms with van der Waals surface area (Å²) in [4.78, 5) is 35.1. The number of hydrogen-bond acceptors (Lipinski definition) is 8. The zero-order valence-electron chi connectivity index (χ0n) is 15.5. The van der Waals surface area contributed by atoms with Crippen LogP contribution in [0.3, 0.4) is 0 Å². The molecule has 0 radical (unpaired) electrons. The molecule has 156 valence electrons. The van der Waals surface area contributed by atoms with Crippen molar-refractivity contribution >= 4 is 44.1 Å². The Labute approximate surface area is 171 Å². The molecule has 2 amide bonds. The van der Waals surface area contributed by atoms with Gasteiger partial charge in [0.2, 0.25) is 10.0 Å². The zero-order valence-corrected chi connectivity index (χ0v) is 17.1. The first-order valence-corrected chi connectivity index (χ1v) is 10.5. The van der Waals surface area contributed by atoms with Gasteiger partial charge < -0.3 is 20.5 Å². The number of carbonyl (C=O) groups is 3. The Morgan fingerprint density at radius 2 is 1.83 bits per heavy atom. The molecule has 10 nitrogen and oxygen atoms in total. The van der Waals surface area contributed by atoms with Crippen LogP contribution in [0.2, 0.25) is 0 Å². The van der Waals surface area contributed by atoms with Gasteiger partial charge >= 0.3 is 5.97 Å². The number of hydrogen-bond donors (Lipinski definition) is 3. The predicted octanol–water partition coefficient (Wildman–Crippen LogP) is 0.704. The Morgan fingerprint density at radius 3 is 2.41 bits per heavy atom. The van der Waals surface area contributed by atoms with Crippen molar-refractivity contribution in [2.24, 2.45) is 5.73 Å². The predicted molar refractivity (Wildman–Crippen MR) is 105 cm³/mol. The molecular weight excluding hydrogens is 422 g/mol. The number of benzene rings is 1. The molecule has 12 heteroatoms. The Kier molecular flexibility index (Phi) is 7.31. The topological polar surface area (TPSA) is 154 Å². The second-order valence-electron chi connectivity index (χ2n) is 5.70. The minimum Gasteiger partial charge on any atom is -0.497 e. The summed E-state index contributed by atoms with van der Waals surface area (Å²) in [7, 11) is -2.53. The monoisotopic (exact) mass is 441 g/mol. The highest BCUT2D eigenvalue weighted by Crippen LogP contribution is 2.22. The first-order chi connectivity index (χ1) is 13.6. The fourth-order valence-corrected chi connectivity index (χ4v) is 4.13. The van der Waals surface area contributed by atoms with Crippen molar-refractivity contribution < 1.29 is 32.3 Å². The average Bonchev–Trinajstić information content (AvgIpc) is 3.14. The number of sulfonamides is 1. The first-order valence-electron chi connectivity index (χ1n) is 8.14. The zero-order chi connectivity index (χ0) is 21.6. The van der Waals surface area contributed by atoms with Crippen LogP contribution in [-0.2, 0) is 24.3 Å². The normalized spacial score (nSPS) is 12.1. The minimum absolute atomic E-state index is 0.0626. The highest BCUT2D eigenvalue weighted by Gasteiger charge is 2.24. The molecule has 0 fully saturated rings. The number of amides is 2. The molecule has 0 aliphatic carbocycles. The summed E-state index contributed by atoms with van der Waals surface area (Å²) in [5.41, 5.74) is 5.31. The van der Waals surface area contributed by atoms with Gasteiger partial charge in [-0.05, 0) is 42.6 Å². The quantitative estimate of drug-likeness (QED) is 0.484. The van der Waals surface area contributed by atoms with E-state index in [4.69, 9.17) is 15.2 Å². The molecule has 0 bridgehead atoms. The lowest BCUT2D eigenvalue weighted by Gasteiger charge is -2.14. The number of carbonyl (C=O) groups excluding carboxylic acids is 3. The van der Waals surface area contributed by atoms with E-state index < -0.39 is 40.5 Å². The molecule has 29 heavy (non-hydrogen) atoms. The number of primary amides is 1. The maximum Gasteiger partial charge on any atom is 0.324 e. The molecule has 2 aromatic rings. The Bertz CT molecular complexity index is 1000. The van der Waals surface area contributed by atoms with Gasteiger partial charge in [0.1, 0.15) is 16.8 Å². The highest BCUT2D eigenvalue weighted by molar-refractivity contribution is 7.89. The van der Waals surface area contributed by atoms with E-state index in [1.54, 1.807) is 5.38 Å². The fraction of sp³-hybridized carbons (Fsp3) is 0.235. The number of ether oxygens (including phenoxy) is 2. The van der Waals surface area contributed by atoms with Crippen LogP contribution in [0.5, 0.6) is 5.75 Å². The molecule has 1 atom stereocenters. The van der Waals surface area contributed by atoms with Gasteiger partial charge in [0.15, 0.2) is 6.61 Å². The molecule has 0 unspecified atom stereocenters. The van der Waals surface area contributed by atoms with E-state index in [0.29, 0.717) is 5.75 Å². The summed E-state index contributed by atoms with van der Waals surface area (Å²) in [6, 6.07) is 5.79. The lowest BCUT2D eigenvalue weighted by Crippen LogP contribution is -2.40. The van der Waals surface area contributed by atoms with Crippen LogP contribution in [0.4, 0.5) is 5.00 Å². The number of rotatable bonds is 9. The van der Waals surface area contributed by atoms with Crippen molar-refractivity contribution in [2.45, 2.75) is 17.9 Å². The molecule has 4 N–H and O–H groups in total. The van der Waals surface area contributed by atoms with Crippen molar-refractivity contribution in [1.29, 1.82) is 0 Å². The van der Waals surface area contributed by atoms with Gasteiger partial charge in [-0.2, -0.15) is 4.72 Å². The first kappa shape index (κ1) is 22.3. The Hall–Kier alpha value is -2.96. The average molecular weight is 441 g/mol. The van der Waals surface area contributed by atoms with Crippen molar-refractivity contribution in [3.05, 3.63) is 41.3 Å². The van der Waals surface area contributed by atoms with E-state index in [2.05, 4.69) is 10.0 Å². The minimum atomic E-state index is -3.98. The van der Waals surface area contributed by atoms with E-state index in [1.165, 1.54) is 44.4 Å². The van der Waals surface area contributed by atoms with Gasteiger partial charge in [0, 0.05) is 0 Å². The van der Waals surface area contributed by atoms with E-state index in [-0.39, 0.29) is 15.5 Å². The molecular formula is C17H19N3O7S2. The molecule has 1 heterocycles. The van der Waals surface area contributed by atoms with E-state index in [9.17, 15) is 22.8 Å². The van der Waals surface area contributed by atoms with Crippen molar-refractivity contribution in [2.75, 3.05) is 19.0 Å². The molecule has 0 aliphatic rings. The van der Waals surface area contributed by atoms with E-state index >= 15 is 0 Å². The Balaban J connectivity index is 1.90. The van der Waals surface area contributed by atoms with Crippen LogP contribution in [-0.4, -0.2) is 46.0 Å². The summed E-state index contributed by atoms with van der Waals surface area (Å²) >= 11 is 1.08. The molecule has 2 rings (SSSR count). The van der Waals surface area contributed by atoms with E-state index in [0.717, 1.165) is 11.3 Å². The number of nitrogens with one attached hydrogen (secondary N) is 2. The molecule has 1 aromatic heterocycles. The molecule has 0 aliphatic heterocycles. The third kappa shape index (κ3) is 6.01. The van der Waals surface area contributed by atoms with E-state index in [1.807, 2.05) is 0 Å². The van der Waals surface area contributed by atoms with Crippen LogP contribution < -0.4 is 20.5 Å². The van der Waals surface area contributed by atoms with Crippen molar-refractivity contribution in [3.63, 3.8) is 0 Å². The Morgan fingerprint density at radius 1 is 1.17 bits per heavy atom. The summed E-state index contributed by atoms with van der Waals surface area (Å²) in [6.45, 7) is 0.620. The lowest BCUT2D eigenvalue weighted by molar-refractivity contribution is -0.148.